The van der Waals surface area contributed by atoms with Crippen molar-refractivity contribution in [2.24, 2.45) is 10.3 Å². The summed E-state index contributed by atoms with van der Waals surface area (Å²) in [4.78, 5) is 17.6. The van der Waals surface area contributed by atoms with Gasteiger partial charge in [-0.25, -0.2) is 9.17 Å². The van der Waals surface area contributed by atoms with E-state index in [0.717, 1.165) is 6.33 Å². The van der Waals surface area contributed by atoms with Crippen molar-refractivity contribution in [2.45, 2.75) is 34.9 Å². The van der Waals surface area contributed by atoms with Crippen LogP contribution in [0.5, 0.6) is 11.6 Å². The van der Waals surface area contributed by atoms with Crippen LogP contribution in [0.15, 0.2) is 45.9 Å². The number of ether oxygens (including phenoxy) is 3. The second-order valence-corrected chi connectivity index (χ2v) is 10.1. The van der Waals surface area contributed by atoms with E-state index >= 15 is 4.39 Å². The lowest BCUT2D eigenvalue weighted by Gasteiger charge is -2.39. The number of nitrogens with zero attached hydrogens (tertiary/aromatic N) is 4. The summed E-state index contributed by atoms with van der Waals surface area (Å²) in [5.41, 5.74) is -1.09. The summed E-state index contributed by atoms with van der Waals surface area (Å²) < 4.78 is 66.8. The van der Waals surface area contributed by atoms with Gasteiger partial charge in [-0.3, -0.25) is 4.55 Å². The second kappa shape index (κ2) is 13.0. The third kappa shape index (κ3) is 7.12. The molecule has 4 N–H and O–H groups in total. The Morgan fingerprint density at radius 2 is 1.95 bits per heavy atom. The highest BCUT2D eigenvalue weighted by Crippen LogP contribution is 2.36. The quantitative estimate of drug-likeness (QED) is 0.119. The maximum Gasteiger partial charge on any atom is 0.397 e. The molecule has 0 saturated carbocycles. The standard InChI is InChI=1S/C21H23FN4O12S2/c1-33-25-14(19-26-35-7-6-34-19)10-4-2-3-5-11(10)37-18-13(22)20(24-9-23-18)39-21-17(29)16(28)15(27)12(38-21)8-36-40(30,31)32/h2-5,9,12,15-17,21,27-29H,6-8H2,1H3,(H,30,31,32)/b25-14-/t12-,15-,16+,17-,21+/m1/s1. The predicted octanol–water partition coefficient (Wildman–Crippen LogP) is -0.162. The van der Waals surface area contributed by atoms with E-state index in [-0.39, 0.29) is 41.2 Å². The van der Waals surface area contributed by atoms with Gasteiger partial charge in [0.15, 0.2) is 12.3 Å². The van der Waals surface area contributed by atoms with Gasteiger partial charge >= 0.3 is 10.4 Å². The molecule has 0 unspecified atom stereocenters. The molecular weight excluding hydrogens is 583 g/mol. The average Bonchev–Trinajstić information content (AvgIpc) is 2.94. The van der Waals surface area contributed by atoms with Crippen LogP contribution in [0, 0.1) is 5.82 Å². The molecule has 5 atom stereocenters. The number of aliphatic hydroxyl groups is 3. The Labute approximate surface area is 230 Å². The molecule has 1 saturated heterocycles. The molecule has 0 bridgehead atoms. The van der Waals surface area contributed by atoms with Crippen LogP contribution in [-0.4, -0.2) is 107 Å². The van der Waals surface area contributed by atoms with E-state index < -0.39 is 58.6 Å². The molecule has 218 valence electrons. The van der Waals surface area contributed by atoms with E-state index in [1.54, 1.807) is 18.2 Å². The number of hydrogen-bond donors (Lipinski definition) is 4. The molecule has 4 rings (SSSR count). The topological polar surface area (TPSA) is 221 Å². The Balaban J connectivity index is 1.57. The Hall–Kier alpha value is -3.17. The van der Waals surface area contributed by atoms with Gasteiger partial charge in [0.25, 0.3) is 11.8 Å². The van der Waals surface area contributed by atoms with Gasteiger partial charge in [0.05, 0.1) is 12.2 Å². The summed E-state index contributed by atoms with van der Waals surface area (Å²) in [5, 5.41) is 38.0. The van der Waals surface area contributed by atoms with Crippen molar-refractivity contribution in [2.75, 3.05) is 26.9 Å². The molecule has 0 radical (unpaired) electrons. The third-order valence-electron chi connectivity index (χ3n) is 5.30. The Bertz CT molecular complexity index is 1360. The van der Waals surface area contributed by atoms with E-state index in [1.807, 2.05) is 0 Å². The van der Waals surface area contributed by atoms with Crippen LogP contribution in [-0.2, 0) is 33.7 Å². The van der Waals surface area contributed by atoms with Crippen molar-refractivity contribution < 1.29 is 60.7 Å². The van der Waals surface area contributed by atoms with E-state index in [9.17, 15) is 23.7 Å². The lowest BCUT2D eigenvalue weighted by molar-refractivity contribution is -0.203. The van der Waals surface area contributed by atoms with Crippen LogP contribution < -0.4 is 4.74 Å². The number of thioether (sulfide) groups is 1. The fourth-order valence-corrected chi connectivity index (χ4v) is 4.80. The highest BCUT2D eigenvalue weighted by Gasteiger charge is 2.45. The van der Waals surface area contributed by atoms with Crippen molar-refractivity contribution in [3.63, 3.8) is 0 Å². The number of para-hydroxylation sites is 1. The van der Waals surface area contributed by atoms with E-state index in [1.165, 1.54) is 13.2 Å². The molecule has 1 aromatic carbocycles. The second-order valence-electron chi connectivity index (χ2n) is 7.94. The summed E-state index contributed by atoms with van der Waals surface area (Å²) >= 11 is 0.492. The highest BCUT2D eigenvalue weighted by molar-refractivity contribution is 7.99. The molecule has 40 heavy (non-hydrogen) atoms. The van der Waals surface area contributed by atoms with Crippen molar-refractivity contribution in [3.8, 4) is 11.6 Å². The van der Waals surface area contributed by atoms with Gasteiger partial charge in [-0.2, -0.15) is 17.8 Å². The highest BCUT2D eigenvalue weighted by atomic mass is 32.3. The molecule has 2 aromatic rings. The summed E-state index contributed by atoms with van der Waals surface area (Å²) in [7, 11) is -3.59. The number of benzene rings is 1. The molecular formula is C21H23FN4O12S2. The number of halogens is 1. The van der Waals surface area contributed by atoms with E-state index in [2.05, 4.69) is 24.5 Å². The minimum Gasteiger partial charge on any atom is -0.470 e. The van der Waals surface area contributed by atoms with Gasteiger partial charge < -0.3 is 39.2 Å². The Kier molecular flexibility index (Phi) is 9.68. The van der Waals surface area contributed by atoms with Crippen LogP contribution in [0.3, 0.4) is 0 Å². The fourth-order valence-electron chi connectivity index (χ4n) is 3.47. The summed E-state index contributed by atoms with van der Waals surface area (Å²) in [6, 6.07) is 6.32. The summed E-state index contributed by atoms with van der Waals surface area (Å²) in [5.74, 6) is -1.55. The van der Waals surface area contributed by atoms with Gasteiger partial charge in [-0.15, -0.1) is 0 Å². The van der Waals surface area contributed by atoms with Gasteiger partial charge in [0, 0.05) is 0 Å². The fraction of sp³-hybridized carbons (Fsp3) is 0.429. The molecule has 0 aliphatic carbocycles. The predicted molar refractivity (Wildman–Crippen MR) is 131 cm³/mol. The van der Waals surface area contributed by atoms with E-state index in [4.69, 9.17) is 28.4 Å². The largest absolute Gasteiger partial charge is 0.470 e. The monoisotopic (exact) mass is 606 g/mol. The molecule has 0 amide bonds. The normalized spacial score (nSPS) is 25.4. The third-order valence-corrected chi connectivity index (χ3v) is 6.86. The number of aromatic nitrogens is 2. The van der Waals surface area contributed by atoms with Crippen LogP contribution in [0.25, 0.3) is 0 Å². The minimum atomic E-state index is -4.89. The van der Waals surface area contributed by atoms with Crippen LogP contribution >= 0.6 is 11.8 Å². The van der Waals surface area contributed by atoms with Crippen LogP contribution in [0.4, 0.5) is 4.39 Å². The SMILES string of the molecule is CO/N=C(\C1=NOCCO1)c1ccccc1Oc1ncnc(S[C@@H]2O[C@H](COS(=O)(=O)O)[C@@H](O)[C@H](O)[C@H]2O)c1F. The minimum absolute atomic E-state index is 0.000246. The first kappa shape index (κ1) is 29.8. The first-order valence-electron chi connectivity index (χ1n) is 11.3. The number of oxime groups is 2. The number of hydrogen-bond acceptors (Lipinski definition) is 16. The van der Waals surface area contributed by atoms with Gasteiger partial charge in [0.2, 0.25) is 5.82 Å². The lowest BCUT2D eigenvalue weighted by atomic mass is 10.0. The van der Waals surface area contributed by atoms with Gasteiger partial charge in [-0.05, 0) is 17.3 Å². The lowest BCUT2D eigenvalue weighted by Crippen LogP contribution is -2.57. The smallest absolute Gasteiger partial charge is 0.397 e. The maximum atomic E-state index is 15.5. The van der Waals surface area contributed by atoms with Crippen LogP contribution in [0.2, 0.25) is 0 Å². The molecule has 16 nitrogen and oxygen atoms in total. The van der Waals surface area contributed by atoms with Crippen molar-refractivity contribution in [1.29, 1.82) is 0 Å². The zero-order chi connectivity index (χ0) is 28.9. The van der Waals surface area contributed by atoms with Crippen molar-refractivity contribution in [1.82, 2.24) is 9.97 Å². The van der Waals surface area contributed by atoms with Gasteiger partial charge in [0.1, 0.15) is 60.7 Å². The first-order valence-corrected chi connectivity index (χ1v) is 13.5. The maximum absolute atomic E-state index is 15.5. The summed E-state index contributed by atoms with van der Waals surface area (Å²) in [6.45, 7) is -0.461. The van der Waals surface area contributed by atoms with Gasteiger partial charge in [-0.1, -0.05) is 29.1 Å². The van der Waals surface area contributed by atoms with Crippen LogP contribution in [0.1, 0.15) is 5.56 Å². The molecule has 2 aliphatic rings. The zero-order valence-corrected chi connectivity index (χ0v) is 22.1. The molecule has 1 fully saturated rings. The Morgan fingerprint density at radius 3 is 2.65 bits per heavy atom. The average molecular weight is 607 g/mol. The Morgan fingerprint density at radius 1 is 1.18 bits per heavy atom. The van der Waals surface area contributed by atoms with Crippen molar-refractivity contribution in [3.05, 3.63) is 42.0 Å². The number of rotatable bonds is 10. The molecule has 3 heterocycles. The summed E-state index contributed by atoms with van der Waals surface area (Å²) in [6.07, 6.45) is -5.92. The number of aliphatic hydroxyl groups excluding tert-OH is 3. The molecule has 2 aliphatic heterocycles. The van der Waals surface area contributed by atoms with E-state index in [0.29, 0.717) is 11.8 Å². The zero-order valence-electron chi connectivity index (χ0n) is 20.4. The van der Waals surface area contributed by atoms with Crippen molar-refractivity contribution >= 4 is 33.8 Å². The molecule has 19 heteroatoms. The molecule has 1 aromatic heterocycles. The first-order chi connectivity index (χ1) is 19.1. The molecule has 0 spiro atoms.